The zero-order valence-electron chi connectivity index (χ0n) is 15.1. The number of hydrogen-bond acceptors (Lipinski definition) is 3. The SMILES string of the molecule is COc1ccc(C(C)NC(=O)N2CC(C)c3ccccc32)c(OC)c1. The minimum absolute atomic E-state index is 0.0952. The van der Waals surface area contributed by atoms with Gasteiger partial charge in [-0.15, -0.1) is 0 Å². The number of hydrogen-bond donors (Lipinski definition) is 1. The first kappa shape index (κ1) is 17.1. The van der Waals surface area contributed by atoms with Crippen LogP contribution in [0.3, 0.4) is 0 Å². The molecule has 2 aromatic carbocycles. The Morgan fingerprint density at radius 1 is 1.20 bits per heavy atom. The molecule has 132 valence electrons. The van der Waals surface area contributed by atoms with Gasteiger partial charge in [-0.2, -0.15) is 0 Å². The van der Waals surface area contributed by atoms with Crippen LogP contribution in [0.4, 0.5) is 10.5 Å². The Morgan fingerprint density at radius 2 is 1.96 bits per heavy atom. The van der Waals surface area contributed by atoms with Crippen LogP contribution in [-0.2, 0) is 0 Å². The van der Waals surface area contributed by atoms with Gasteiger partial charge in [0.15, 0.2) is 0 Å². The van der Waals surface area contributed by atoms with Gasteiger partial charge in [-0.25, -0.2) is 4.79 Å². The number of nitrogens with zero attached hydrogens (tertiary/aromatic N) is 1. The average molecular weight is 340 g/mol. The van der Waals surface area contributed by atoms with Crippen molar-refractivity contribution >= 4 is 11.7 Å². The summed E-state index contributed by atoms with van der Waals surface area (Å²) in [4.78, 5) is 14.6. The van der Waals surface area contributed by atoms with Gasteiger partial charge in [-0.05, 0) is 30.7 Å². The minimum atomic E-state index is -0.184. The number of carbonyl (C=O) groups excluding carboxylic acids is 1. The summed E-state index contributed by atoms with van der Waals surface area (Å²) in [5.41, 5.74) is 3.12. The summed E-state index contributed by atoms with van der Waals surface area (Å²) < 4.78 is 10.7. The van der Waals surface area contributed by atoms with Crippen LogP contribution in [-0.4, -0.2) is 26.8 Å². The third kappa shape index (κ3) is 3.27. The zero-order chi connectivity index (χ0) is 18.0. The lowest BCUT2D eigenvalue weighted by atomic mass is 10.0. The van der Waals surface area contributed by atoms with Crippen molar-refractivity contribution in [2.45, 2.75) is 25.8 Å². The molecule has 1 aliphatic rings. The highest BCUT2D eigenvalue weighted by Crippen LogP contribution is 2.36. The summed E-state index contributed by atoms with van der Waals surface area (Å²) in [7, 11) is 3.23. The number of amides is 2. The van der Waals surface area contributed by atoms with Crippen molar-refractivity contribution in [3.63, 3.8) is 0 Å². The lowest BCUT2D eigenvalue weighted by Gasteiger charge is -2.23. The van der Waals surface area contributed by atoms with E-state index in [9.17, 15) is 4.79 Å². The maximum Gasteiger partial charge on any atom is 0.322 e. The summed E-state index contributed by atoms with van der Waals surface area (Å²) in [6.45, 7) is 4.79. The summed E-state index contributed by atoms with van der Waals surface area (Å²) >= 11 is 0. The largest absolute Gasteiger partial charge is 0.497 e. The standard InChI is InChI=1S/C20H24N2O3/c1-13-12-22(18-8-6-5-7-16(13)18)20(23)21-14(2)17-10-9-15(24-3)11-19(17)25-4/h5-11,13-14H,12H2,1-4H3,(H,21,23). The highest BCUT2D eigenvalue weighted by atomic mass is 16.5. The van der Waals surface area contributed by atoms with E-state index in [1.807, 2.05) is 48.2 Å². The van der Waals surface area contributed by atoms with E-state index in [4.69, 9.17) is 9.47 Å². The van der Waals surface area contributed by atoms with Gasteiger partial charge >= 0.3 is 6.03 Å². The summed E-state index contributed by atoms with van der Waals surface area (Å²) in [5, 5.41) is 3.08. The van der Waals surface area contributed by atoms with Crippen LogP contribution in [0, 0.1) is 0 Å². The van der Waals surface area contributed by atoms with Crippen molar-refractivity contribution < 1.29 is 14.3 Å². The fourth-order valence-electron chi connectivity index (χ4n) is 3.33. The van der Waals surface area contributed by atoms with E-state index in [0.717, 1.165) is 17.0 Å². The maximum atomic E-state index is 12.8. The molecule has 2 atom stereocenters. The van der Waals surface area contributed by atoms with Gasteiger partial charge in [0.1, 0.15) is 11.5 Å². The molecule has 5 nitrogen and oxygen atoms in total. The van der Waals surface area contributed by atoms with E-state index < -0.39 is 0 Å². The van der Waals surface area contributed by atoms with E-state index in [1.165, 1.54) is 5.56 Å². The van der Waals surface area contributed by atoms with E-state index in [1.54, 1.807) is 14.2 Å². The molecule has 5 heteroatoms. The highest BCUT2D eigenvalue weighted by molar-refractivity contribution is 5.94. The topological polar surface area (TPSA) is 50.8 Å². The Bertz CT molecular complexity index is 775. The van der Waals surface area contributed by atoms with E-state index in [-0.39, 0.29) is 12.1 Å². The number of anilines is 1. The van der Waals surface area contributed by atoms with Crippen molar-refractivity contribution in [1.29, 1.82) is 0 Å². The quantitative estimate of drug-likeness (QED) is 0.912. The fraction of sp³-hybridized carbons (Fsp3) is 0.350. The normalized spacial score (nSPS) is 17.0. The third-order valence-electron chi connectivity index (χ3n) is 4.71. The molecule has 0 bridgehead atoms. The molecule has 0 saturated carbocycles. The van der Waals surface area contributed by atoms with Gasteiger partial charge in [0.25, 0.3) is 0 Å². The molecular weight excluding hydrogens is 316 g/mol. The number of benzene rings is 2. The van der Waals surface area contributed by atoms with Crippen LogP contribution < -0.4 is 19.7 Å². The predicted octanol–water partition coefficient (Wildman–Crippen LogP) is 4.10. The average Bonchev–Trinajstić information content (AvgIpc) is 2.98. The zero-order valence-corrected chi connectivity index (χ0v) is 15.1. The lowest BCUT2D eigenvalue weighted by Crippen LogP contribution is -2.40. The number of rotatable bonds is 4. The molecule has 0 fully saturated rings. The second-order valence-electron chi connectivity index (χ2n) is 6.35. The first-order valence-corrected chi connectivity index (χ1v) is 8.44. The summed E-state index contributed by atoms with van der Waals surface area (Å²) in [6, 6.07) is 13.4. The molecule has 0 aliphatic carbocycles. The first-order valence-electron chi connectivity index (χ1n) is 8.44. The Hall–Kier alpha value is -2.69. The Kier molecular flexibility index (Phi) is 4.83. The number of methoxy groups -OCH3 is 2. The van der Waals surface area contributed by atoms with Gasteiger partial charge in [-0.1, -0.05) is 25.1 Å². The van der Waals surface area contributed by atoms with Crippen LogP contribution >= 0.6 is 0 Å². The van der Waals surface area contributed by atoms with E-state index in [0.29, 0.717) is 18.2 Å². The van der Waals surface area contributed by atoms with Gasteiger partial charge in [0, 0.05) is 29.8 Å². The molecule has 25 heavy (non-hydrogen) atoms. The molecule has 2 unspecified atom stereocenters. The molecule has 0 saturated heterocycles. The molecule has 1 aliphatic heterocycles. The molecule has 1 N–H and O–H groups in total. The van der Waals surface area contributed by atoms with E-state index in [2.05, 4.69) is 18.3 Å². The highest BCUT2D eigenvalue weighted by Gasteiger charge is 2.30. The Balaban J connectivity index is 1.78. The summed E-state index contributed by atoms with van der Waals surface area (Å²) in [5.74, 6) is 1.76. The number of urea groups is 1. The molecule has 3 rings (SSSR count). The van der Waals surface area contributed by atoms with Gasteiger partial charge in [0.05, 0.1) is 20.3 Å². The first-order chi connectivity index (χ1) is 12.0. The number of carbonyl (C=O) groups is 1. The van der Waals surface area contributed by atoms with Crippen LogP contribution in [0.2, 0.25) is 0 Å². The number of para-hydroxylation sites is 1. The van der Waals surface area contributed by atoms with Crippen molar-refractivity contribution in [3.8, 4) is 11.5 Å². The predicted molar refractivity (Wildman–Crippen MR) is 98.7 cm³/mol. The number of fused-ring (bicyclic) bond motifs is 1. The lowest BCUT2D eigenvalue weighted by molar-refractivity contribution is 0.243. The van der Waals surface area contributed by atoms with Crippen LogP contribution in [0.25, 0.3) is 0 Å². The van der Waals surface area contributed by atoms with Crippen molar-refractivity contribution in [3.05, 3.63) is 53.6 Å². The maximum absolute atomic E-state index is 12.8. The second-order valence-corrected chi connectivity index (χ2v) is 6.35. The second kappa shape index (κ2) is 7.05. The van der Waals surface area contributed by atoms with Crippen LogP contribution in [0.1, 0.15) is 36.9 Å². The molecule has 0 spiro atoms. The molecule has 0 radical (unpaired) electrons. The number of nitrogens with one attached hydrogen (secondary N) is 1. The molecule has 2 amide bonds. The smallest absolute Gasteiger partial charge is 0.322 e. The molecular formula is C20H24N2O3. The summed E-state index contributed by atoms with van der Waals surface area (Å²) in [6.07, 6.45) is 0. The molecule has 1 heterocycles. The van der Waals surface area contributed by atoms with Gasteiger partial charge in [0.2, 0.25) is 0 Å². The van der Waals surface area contributed by atoms with E-state index >= 15 is 0 Å². The Labute approximate surface area is 148 Å². The monoisotopic (exact) mass is 340 g/mol. The molecule has 2 aromatic rings. The third-order valence-corrected chi connectivity index (χ3v) is 4.71. The van der Waals surface area contributed by atoms with Crippen molar-refractivity contribution in [2.24, 2.45) is 0 Å². The molecule has 0 aromatic heterocycles. The number of ether oxygens (including phenoxy) is 2. The van der Waals surface area contributed by atoms with Gasteiger partial charge < -0.3 is 14.8 Å². The fourth-order valence-corrected chi connectivity index (χ4v) is 3.33. The van der Waals surface area contributed by atoms with Crippen molar-refractivity contribution in [1.82, 2.24) is 5.32 Å². The van der Waals surface area contributed by atoms with Crippen LogP contribution in [0.5, 0.6) is 11.5 Å². The van der Waals surface area contributed by atoms with Crippen LogP contribution in [0.15, 0.2) is 42.5 Å². The minimum Gasteiger partial charge on any atom is -0.497 e. The Morgan fingerprint density at radius 3 is 2.68 bits per heavy atom. The van der Waals surface area contributed by atoms with Crippen molar-refractivity contribution in [2.75, 3.05) is 25.7 Å². The van der Waals surface area contributed by atoms with Gasteiger partial charge in [-0.3, -0.25) is 4.90 Å².